The van der Waals surface area contributed by atoms with E-state index < -0.39 is 132 Å². The SMILES string of the molecule is CC[C@H]1OC(=O)[C@H](C)[C@@H](O[C@H]2C[C@@](C)(OC)[C@@H](O)[C@H](C)O2)[C@H](C)[C@@H](O[C@@H]2O[C@H](C)C[C@H](N(C)CCC3CN(C[C@H]4CN(c5cc(F)cc(F)c5)C(=O)O4)N=N3)[C@H]2O)[C@](C)(O)C[C@@H](C)CN(C)[C@H](C)[C@@H](O)[C@]1(C)O. The molecule has 0 bridgehead atoms. The Hall–Kier alpha value is -3.26. The van der Waals surface area contributed by atoms with E-state index in [0.717, 1.165) is 18.2 Å². The number of likely N-dealkylation sites (N-methyl/N-ethyl adjacent to an activating group) is 2. The van der Waals surface area contributed by atoms with Crippen molar-refractivity contribution in [2.24, 2.45) is 28.1 Å². The second kappa shape index (κ2) is 24.0. The van der Waals surface area contributed by atoms with E-state index in [1.165, 1.54) is 18.9 Å². The van der Waals surface area contributed by atoms with E-state index in [1.54, 1.807) is 53.5 Å². The van der Waals surface area contributed by atoms with Crippen LogP contribution in [0.5, 0.6) is 0 Å². The van der Waals surface area contributed by atoms with Crippen LogP contribution in [-0.4, -0.2) is 209 Å². The third kappa shape index (κ3) is 13.7. The van der Waals surface area contributed by atoms with E-state index >= 15 is 0 Å². The zero-order valence-electron chi connectivity index (χ0n) is 45.0. The Morgan fingerprint density at radius 2 is 1.58 bits per heavy atom. The Morgan fingerprint density at radius 3 is 2.22 bits per heavy atom. The quantitative estimate of drug-likeness (QED) is 0.176. The average molecular weight is 1040 g/mol. The van der Waals surface area contributed by atoms with Crippen molar-refractivity contribution >= 4 is 17.7 Å². The van der Waals surface area contributed by atoms with Gasteiger partial charge in [-0.1, -0.05) is 26.0 Å². The fourth-order valence-electron chi connectivity index (χ4n) is 11.7. The van der Waals surface area contributed by atoms with Crippen LogP contribution in [0.2, 0.25) is 0 Å². The van der Waals surface area contributed by atoms with Crippen LogP contribution >= 0.6 is 0 Å². The number of cyclic esters (lactones) is 2. The van der Waals surface area contributed by atoms with Gasteiger partial charge in [-0.05, 0) is 106 Å². The number of amides is 1. The molecular weight excluding hydrogens is 959 g/mol. The average Bonchev–Trinajstić information content (AvgIpc) is 3.93. The Labute approximate surface area is 429 Å². The van der Waals surface area contributed by atoms with Gasteiger partial charge in [-0.3, -0.25) is 14.7 Å². The number of hydrogen-bond acceptors (Lipinski definition) is 19. The van der Waals surface area contributed by atoms with Gasteiger partial charge in [0.05, 0.1) is 72.9 Å². The van der Waals surface area contributed by atoms with Gasteiger partial charge >= 0.3 is 12.1 Å². The number of aliphatic hydroxyl groups is 5. The van der Waals surface area contributed by atoms with Gasteiger partial charge in [-0.2, -0.15) is 5.11 Å². The normalized spacial score (nSPS) is 42.7. The number of rotatable bonds is 13. The summed E-state index contributed by atoms with van der Waals surface area (Å²) < 4.78 is 71.5. The van der Waals surface area contributed by atoms with Crippen molar-refractivity contribution in [1.82, 2.24) is 14.8 Å². The summed E-state index contributed by atoms with van der Waals surface area (Å²) >= 11 is 0. The van der Waals surface area contributed by atoms with Gasteiger partial charge in [0.2, 0.25) is 0 Å². The molecule has 0 spiro atoms. The summed E-state index contributed by atoms with van der Waals surface area (Å²) in [7, 11) is 5.20. The molecule has 20 atom stereocenters. The molecule has 1 amide bonds. The monoisotopic (exact) mass is 1040 g/mol. The highest BCUT2D eigenvalue weighted by atomic mass is 19.1. The standard InChI is InChI=1S/C51H84F2N6O14/c1-14-39-51(10,66)43(61)31(6)57(12)23-27(2)21-49(8,65)45(29(4)42(30(5)46(63)71-39)72-40-22-50(9,67-13)44(62)32(7)69-40)73-47-41(60)38(17-28(3)68-47)56(11)16-15-35-24-58(55-54-35)25-37-26-59(48(64)70-37)36-19-33(52)18-34(53)20-36/h18-20,27-32,35,37-45,47,60-62,65-66H,14-17,21-26H2,1-13H3/t27-,28-,29+,30-,31-,32+,35?,37+,38+,39-,40+,41-,42+,43-,44+,45-,47+,49-,50-,51-/m1/s1. The smallest absolute Gasteiger partial charge is 0.414 e. The van der Waals surface area contributed by atoms with E-state index in [0.29, 0.717) is 32.5 Å². The number of nitrogens with zero attached hydrogens (tertiary/aromatic N) is 6. The molecule has 5 aliphatic heterocycles. The molecule has 0 aromatic heterocycles. The number of benzene rings is 1. The molecule has 20 nitrogen and oxygen atoms in total. The van der Waals surface area contributed by atoms with Gasteiger partial charge in [0.25, 0.3) is 0 Å². The molecule has 73 heavy (non-hydrogen) atoms. The largest absolute Gasteiger partial charge is 0.459 e. The molecule has 0 aliphatic carbocycles. The minimum atomic E-state index is -1.86. The predicted molar refractivity (Wildman–Crippen MR) is 262 cm³/mol. The van der Waals surface area contributed by atoms with Crippen LogP contribution in [0, 0.1) is 29.4 Å². The molecule has 4 fully saturated rings. The van der Waals surface area contributed by atoms with E-state index in [4.69, 9.17) is 33.2 Å². The Morgan fingerprint density at radius 1 is 0.904 bits per heavy atom. The summed E-state index contributed by atoms with van der Waals surface area (Å²) in [5.41, 5.74) is -4.55. The molecule has 6 rings (SSSR count). The molecule has 5 aliphatic rings. The lowest BCUT2D eigenvalue weighted by Gasteiger charge is -2.49. The van der Waals surface area contributed by atoms with E-state index in [2.05, 4.69) is 10.3 Å². The predicted octanol–water partition coefficient (Wildman–Crippen LogP) is 4.02. The van der Waals surface area contributed by atoms with Crippen LogP contribution in [-0.2, 0) is 38.0 Å². The Bertz CT molecular complexity index is 2030. The number of halogens is 2. The number of esters is 1. The number of hydrogen-bond donors (Lipinski definition) is 5. The lowest BCUT2D eigenvalue weighted by Crippen LogP contribution is -2.61. The maximum Gasteiger partial charge on any atom is 0.414 e. The van der Waals surface area contributed by atoms with Crippen LogP contribution < -0.4 is 4.90 Å². The van der Waals surface area contributed by atoms with Crippen LogP contribution in [0.3, 0.4) is 0 Å². The van der Waals surface area contributed by atoms with Gasteiger partial charge in [-0.15, -0.1) is 0 Å². The number of carbonyl (C=O) groups excluding carboxylic acids is 2. The second-order valence-corrected chi connectivity index (χ2v) is 22.4. The number of carbonyl (C=O) groups is 2. The molecular formula is C51H84F2N6O14. The van der Waals surface area contributed by atoms with Crippen molar-refractivity contribution in [3.8, 4) is 0 Å². The van der Waals surface area contributed by atoms with E-state index in [9.17, 15) is 43.9 Å². The highest BCUT2D eigenvalue weighted by Crippen LogP contribution is 2.40. The maximum atomic E-state index is 14.5. The maximum absolute atomic E-state index is 14.5. The van der Waals surface area contributed by atoms with Gasteiger partial charge in [0.1, 0.15) is 47.8 Å². The molecule has 5 N–H and O–H groups in total. The van der Waals surface area contributed by atoms with Crippen molar-refractivity contribution in [1.29, 1.82) is 0 Å². The van der Waals surface area contributed by atoms with Crippen molar-refractivity contribution < 1.29 is 77.1 Å². The zero-order valence-corrected chi connectivity index (χ0v) is 45.0. The van der Waals surface area contributed by atoms with Crippen LogP contribution in [0.4, 0.5) is 19.3 Å². The van der Waals surface area contributed by atoms with Gasteiger partial charge in [0, 0.05) is 50.7 Å². The van der Waals surface area contributed by atoms with Crippen molar-refractivity contribution in [3.63, 3.8) is 0 Å². The molecule has 416 valence electrons. The molecule has 1 aromatic carbocycles. The highest BCUT2D eigenvalue weighted by Gasteiger charge is 2.53. The lowest BCUT2D eigenvalue weighted by molar-refractivity contribution is -0.318. The first-order chi connectivity index (χ1) is 34.1. The summed E-state index contributed by atoms with van der Waals surface area (Å²) in [5, 5.41) is 70.1. The van der Waals surface area contributed by atoms with Crippen LogP contribution in [0.15, 0.2) is 28.5 Å². The van der Waals surface area contributed by atoms with Crippen LogP contribution in [0.1, 0.15) is 101 Å². The van der Waals surface area contributed by atoms with Crippen molar-refractivity contribution in [2.45, 2.75) is 204 Å². The fourth-order valence-corrected chi connectivity index (χ4v) is 11.7. The van der Waals surface area contributed by atoms with E-state index in [-0.39, 0.29) is 50.0 Å². The minimum Gasteiger partial charge on any atom is -0.459 e. The summed E-state index contributed by atoms with van der Waals surface area (Å²) in [6, 6.07) is 1.58. The molecule has 4 saturated heterocycles. The van der Waals surface area contributed by atoms with Crippen molar-refractivity contribution in [2.75, 3.05) is 58.8 Å². The molecule has 5 heterocycles. The van der Waals surface area contributed by atoms with Gasteiger partial charge in [-0.25, -0.2) is 13.6 Å². The first-order valence-electron chi connectivity index (χ1n) is 26.0. The van der Waals surface area contributed by atoms with Gasteiger partial charge in [0.15, 0.2) is 12.6 Å². The number of methoxy groups -OCH3 is 1. The Kier molecular flexibility index (Phi) is 19.4. The summed E-state index contributed by atoms with van der Waals surface area (Å²) in [6.07, 6.45) is -10.3. The van der Waals surface area contributed by atoms with Crippen molar-refractivity contribution in [3.05, 3.63) is 29.8 Å². The summed E-state index contributed by atoms with van der Waals surface area (Å²) in [4.78, 5) is 32.2. The number of anilines is 1. The third-order valence-electron chi connectivity index (χ3n) is 16.1. The topological polar surface area (TPSA) is 238 Å². The van der Waals surface area contributed by atoms with Crippen LogP contribution in [0.25, 0.3) is 0 Å². The first-order valence-corrected chi connectivity index (χ1v) is 26.0. The minimum absolute atomic E-state index is 0.0615. The second-order valence-electron chi connectivity index (χ2n) is 22.4. The zero-order chi connectivity index (χ0) is 54.1. The number of aliphatic hydroxyl groups excluding tert-OH is 3. The van der Waals surface area contributed by atoms with Gasteiger partial charge < -0.3 is 68.5 Å². The van der Waals surface area contributed by atoms with E-state index in [1.807, 2.05) is 37.7 Å². The third-order valence-corrected chi connectivity index (χ3v) is 16.1. The molecule has 1 unspecified atom stereocenters. The molecule has 22 heteroatoms. The molecule has 0 saturated carbocycles. The molecule has 1 aromatic rings. The first kappa shape index (κ1) is 59.0. The summed E-state index contributed by atoms with van der Waals surface area (Å²) in [6.45, 7) is 19.0. The summed E-state index contributed by atoms with van der Waals surface area (Å²) in [5.74, 6) is -4.51. The molecule has 0 radical (unpaired) electrons. The lowest BCUT2D eigenvalue weighted by atomic mass is 9.77. The Balaban J connectivity index is 1.21. The highest BCUT2D eigenvalue weighted by molar-refractivity contribution is 5.89. The fraction of sp³-hybridized carbons (Fsp3) is 0.843. The number of ether oxygens (including phenoxy) is 7.